The zero-order valence-electron chi connectivity index (χ0n) is 9.35. The summed E-state index contributed by atoms with van der Waals surface area (Å²) in [5, 5.41) is 0. The number of carbonyl (C=O) groups is 1. The number of Topliss-reactive ketones (excluding diaryl/α,β-unsaturated/α-hetero) is 1. The van der Waals surface area contributed by atoms with E-state index in [1.165, 1.54) is 57.8 Å². The fourth-order valence-corrected chi connectivity index (χ4v) is 3.44. The van der Waals surface area contributed by atoms with Gasteiger partial charge in [-0.15, -0.1) is 0 Å². The van der Waals surface area contributed by atoms with Crippen LogP contribution in [0.15, 0.2) is 0 Å². The van der Waals surface area contributed by atoms with E-state index in [1.54, 1.807) is 6.92 Å². The van der Waals surface area contributed by atoms with E-state index >= 15 is 0 Å². The summed E-state index contributed by atoms with van der Waals surface area (Å²) in [6.07, 6.45) is 12.2. The van der Waals surface area contributed by atoms with Crippen LogP contribution in [0.25, 0.3) is 0 Å². The van der Waals surface area contributed by atoms with Gasteiger partial charge in [0.2, 0.25) is 0 Å². The molecular weight excluding hydrogens is 172 g/mol. The Morgan fingerprint density at radius 2 is 1.57 bits per heavy atom. The van der Waals surface area contributed by atoms with Gasteiger partial charge in [0.15, 0.2) is 0 Å². The Labute approximate surface area is 87.3 Å². The zero-order chi connectivity index (χ0) is 10.0. The normalized spacial score (nSPS) is 27.8. The molecule has 2 rings (SSSR count). The van der Waals surface area contributed by atoms with Crippen molar-refractivity contribution < 1.29 is 4.79 Å². The standard InChI is InChI=1S/C13H22O/c1-11(14)12-5-9-13(10-6-12)7-3-2-4-8-13/h12H,2-10H2,1H3. The maximum Gasteiger partial charge on any atom is 0.132 e. The molecule has 0 bridgehead atoms. The molecule has 1 heteroatoms. The monoisotopic (exact) mass is 194 g/mol. The Hall–Kier alpha value is -0.330. The van der Waals surface area contributed by atoms with Crippen molar-refractivity contribution in [2.45, 2.75) is 64.7 Å². The van der Waals surface area contributed by atoms with Gasteiger partial charge in [0.25, 0.3) is 0 Å². The summed E-state index contributed by atoms with van der Waals surface area (Å²) < 4.78 is 0. The van der Waals surface area contributed by atoms with Crippen LogP contribution in [0, 0.1) is 11.3 Å². The molecule has 0 atom stereocenters. The summed E-state index contributed by atoms with van der Waals surface area (Å²) in [5.74, 6) is 0.832. The molecule has 0 heterocycles. The third kappa shape index (κ3) is 2.02. The molecule has 80 valence electrons. The summed E-state index contributed by atoms with van der Waals surface area (Å²) >= 11 is 0. The molecule has 2 aliphatic rings. The van der Waals surface area contributed by atoms with Gasteiger partial charge in [0, 0.05) is 5.92 Å². The third-order valence-corrected chi connectivity index (χ3v) is 4.54. The van der Waals surface area contributed by atoms with Crippen molar-refractivity contribution in [3.63, 3.8) is 0 Å². The van der Waals surface area contributed by atoms with Crippen LogP contribution in [0.4, 0.5) is 0 Å². The van der Waals surface area contributed by atoms with Gasteiger partial charge in [-0.3, -0.25) is 4.79 Å². The minimum Gasteiger partial charge on any atom is -0.300 e. The molecule has 0 radical (unpaired) electrons. The second-order valence-electron chi connectivity index (χ2n) is 5.45. The van der Waals surface area contributed by atoms with Crippen LogP contribution in [0.1, 0.15) is 64.7 Å². The van der Waals surface area contributed by atoms with E-state index in [-0.39, 0.29) is 0 Å². The zero-order valence-corrected chi connectivity index (χ0v) is 9.35. The molecule has 0 aromatic heterocycles. The third-order valence-electron chi connectivity index (χ3n) is 4.54. The molecule has 2 fully saturated rings. The van der Waals surface area contributed by atoms with E-state index in [1.807, 2.05) is 0 Å². The molecule has 1 spiro atoms. The van der Waals surface area contributed by atoms with Crippen molar-refractivity contribution in [2.24, 2.45) is 11.3 Å². The van der Waals surface area contributed by atoms with Gasteiger partial charge in [-0.05, 0) is 50.9 Å². The summed E-state index contributed by atoms with van der Waals surface area (Å²) in [6.45, 7) is 1.77. The quantitative estimate of drug-likeness (QED) is 0.622. The minimum absolute atomic E-state index is 0.405. The second kappa shape index (κ2) is 4.04. The molecule has 2 aliphatic carbocycles. The van der Waals surface area contributed by atoms with Crippen molar-refractivity contribution >= 4 is 5.78 Å². The van der Waals surface area contributed by atoms with E-state index in [4.69, 9.17) is 0 Å². The Morgan fingerprint density at radius 3 is 2.07 bits per heavy atom. The molecular formula is C13H22O. The molecule has 0 aromatic carbocycles. The fraction of sp³-hybridized carbons (Fsp3) is 0.923. The Bertz CT molecular complexity index is 203. The molecule has 0 aliphatic heterocycles. The van der Waals surface area contributed by atoms with Crippen LogP contribution in [0.5, 0.6) is 0 Å². The van der Waals surface area contributed by atoms with Gasteiger partial charge in [-0.25, -0.2) is 0 Å². The maximum absolute atomic E-state index is 11.3. The van der Waals surface area contributed by atoms with Crippen LogP contribution in [0.2, 0.25) is 0 Å². The molecule has 0 unspecified atom stereocenters. The smallest absolute Gasteiger partial charge is 0.132 e. The van der Waals surface area contributed by atoms with Gasteiger partial charge in [0.05, 0.1) is 0 Å². The van der Waals surface area contributed by atoms with E-state index in [0.717, 1.165) is 0 Å². The highest BCUT2D eigenvalue weighted by Crippen LogP contribution is 2.48. The lowest BCUT2D eigenvalue weighted by Crippen LogP contribution is -2.31. The topological polar surface area (TPSA) is 17.1 Å². The lowest BCUT2D eigenvalue weighted by Gasteiger charge is -2.42. The minimum atomic E-state index is 0.405. The van der Waals surface area contributed by atoms with Crippen molar-refractivity contribution in [2.75, 3.05) is 0 Å². The molecule has 0 N–H and O–H groups in total. The van der Waals surface area contributed by atoms with Crippen molar-refractivity contribution in [1.82, 2.24) is 0 Å². The number of hydrogen-bond donors (Lipinski definition) is 0. The summed E-state index contributed by atoms with van der Waals surface area (Å²) in [6, 6.07) is 0. The van der Waals surface area contributed by atoms with Gasteiger partial charge in [-0.1, -0.05) is 19.3 Å². The molecule has 1 nitrogen and oxygen atoms in total. The van der Waals surface area contributed by atoms with Crippen LogP contribution in [-0.2, 0) is 4.79 Å². The van der Waals surface area contributed by atoms with Crippen molar-refractivity contribution in [3.8, 4) is 0 Å². The highest BCUT2D eigenvalue weighted by atomic mass is 16.1. The highest BCUT2D eigenvalue weighted by molar-refractivity contribution is 5.78. The molecule has 0 aromatic rings. The van der Waals surface area contributed by atoms with Crippen molar-refractivity contribution in [3.05, 3.63) is 0 Å². The van der Waals surface area contributed by atoms with Gasteiger partial charge in [0.1, 0.15) is 5.78 Å². The molecule has 14 heavy (non-hydrogen) atoms. The lowest BCUT2D eigenvalue weighted by molar-refractivity contribution is -0.122. The Balaban J connectivity index is 1.90. The predicted molar refractivity (Wildman–Crippen MR) is 58.2 cm³/mol. The van der Waals surface area contributed by atoms with Gasteiger partial charge in [-0.2, -0.15) is 0 Å². The first kappa shape index (κ1) is 10.2. The van der Waals surface area contributed by atoms with E-state index in [0.29, 0.717) is 17.1 Å². The average Bonchev–Trinajstić information content (AvgIpc) is 2.19. The lowest BCUT2D eigenvalue weighted by atomic mass is 9.63. The van der Waals surface area contributed by atoms with Crippen LogP contribution >= 0.6 is 0 Å². The maximum atomic E-state index is 11.3. The van der Waals surface area contributed by atoms with Crippen LogP contribution in [-0.4, -0.2) is 5.78 Å². The molecule has 0 amide bonds. The SMILES string of the molecule is CC(=O)C1CCC2(CCCCC2)CC1. The first-order valence-electron chi connectivity index (χ1n) is 6.22. The Kier molecular flexibility index (Phi) is 2.94. The number of hydrogen-bond acceptors (Lipinski definition) is 1. The number of rotatable bonds is 1. The number of carbonyl (C=O) groups excluding carboxylic acids is 1. The predicted octanol–water partition coefficient (Wildman–Crippen LogP) is 3.72. The van der Waals surface area contributed by atoms with Crippen LogP contribution in [0.3, 0.4) is 0 Å². The highest BCUT2D eigenvalue weighted by Gasteiger charge is 2.36. The van der Waals surface area contributed by atoms with E-state index in [9.17, 15) is 4.79 Å². The second-order valence-corrected chi connectivity index (χ2v) is 5.45. The van der Waals surface area contributed by atoms with Crippen LogP contribution < -0.4 is 0 Å². The summed E-state index contributed by atoms with van der Waals surface area (Å²) in [4.78, 5) is 11.3. The molecule has 2 saturated carbocycles. The molecule has 0 saturated heterocycles. The van der Waals surface area contributed by atoms with Gasteiger partial charge < -0.3 is 0 Å². The summed E-state index contributed by atoms with van der Waals surface area (Å²) in [5.41, 5.74) is 0.671. The summed E-state index contributed by atoms with van der Waals surface area (Å²) in [7, 11) is 0. The van der Waals surface area contributed by atoms with Gasteiger partial charge >= 0.3 is 0 Å². The average molecular weight is 194 g/mol. The number of ketones is 1. The largest absolute Gasteiger partial charge is 0.300 e. The van der Waals surface area contributed by atoms with E-state index < -0.39 is 0 Å². The first-order chi connectivity index (χ1) is 6.72. The Morgan fingerprint density at radius 1 is 1.00 bits per heavy atom. The van der Waals surface area contributed by atoms with E-state index in [2.05, 4.69) is 0 Å². The van der Waals surface area contributed by atoms with Crippen molar-refractivity contribution in [1.29, 1.82) is 0 Å². The fourth-order valence-electron chi connectivity index (χ4n) is 3.44. The first-order valence-corrected chi connectivity index (χ1v) is 6.22.